The lowest BCUT2D eigenvalue weighted by Gasteiger charge is -2.24. The number of nitrogens with one attached hydrogen (secondary N) is 3. The first-order valence-corrected chi connectivity index (χ1v) is 12.0. The van der Waals surface area contributed by atoms with Gasteiger partial charge in [-0.2, -0.15) is 13.2 Å². The molecule has 0 aromatic heterocycles. The Bertz CT molecular complexity index is 1210. The number of aliphatic hydroxyl groups is 1. The maximum absolute atomic E-state index is 12.6. The lowest BCUT2D eigenvalue weighted by molar-refractivity contribution is -0.138. The monoisotopic (exact) mass is 517 g/mol. The van der Waals surface area contributed by atoms with Crippen molar-refractivity contribution in [1.82, 2.24) is 5.32 Å². The summed E-state index contributed by atoms with van der Waals surface area (Å²) in [5.41, 5.74) is -0.00168. The van der Waals surface area contributed by atoms with Gasteiger partial charge in [0.25, 0.3) is 0 Å². The first kappa shape index (κ1) is 27.8. The summed E-state index contributed by atoms with van der Waals surface area (Å²) < 4.78 is 37.9. The van der Waals surface area contributed by atoms with Crippen molar-refractivity contribution >= 4 is 34.0 Å². The summed E-state index contributed by atoms with van der Waals surface area (Å²) >= 11 is 0. The van der Waals surface area contributed by atoms with Gasteiger partial charge in [0, 0.05) is 24.0 Å². The highest BCUT2D eigenvalue weighted by Gasteiger charge is 2.34. The number of fused-ring (bicyclic) bond motifs is 1. The number of aliphatic hydroxyl groups excluding tert-OH is 1. The molecule has 0 atom stereocenters. The maximum Gasteiger partial charge on any atom is 0.420 e. The lowest BCUT2D eigenvalue weighted by Crippen LogP contribution is -2.36. The molecule has 1 aliphatic rings. The van der Waals surface area contributed by atoms with Crippen molar-refractivity contribution in [2.45, 2.75) is 44.3 Å². The number of benzene rings is 3. The quantitative estimate of drug-likeness (QED) is 0.241. The second-order valence-corrected chi connectivity index (χ2v) is 8.70. The molecule has 1 fully saturated rings. The van der Waals surface area contributed by atoms with E-state index in [-0.39, 0.29) is 19.2 Å². The zero-order chi connectivity index (χ0) is 26.8. The van der Waals surface area contributed by atoms with Crippen LogP contribution in [0.1, 0.15) is 37.7 Å². The van der Waals surface area contributed by atoms with Crippen LogP contribution in [0.5, 0.6) is 5.75 Å². The van der Waals surface area contributed by atoms with Crippen molar-refractivity contribution in [3.63, 3.8) is 0 Å². The summed E-state index contributed by atoms with van der Waals surface area (Å²) in [6.07, 6.45) is 0.879. The summed E-state index contributed by atoms with van der Waals surface area (Å²) in [7, 11) is 0. The maximum atomic E-state index is 12.6. The van der Waals surface area contributed by atoms with Crippen LogP contribution >= 0.6 is 0 Å². The minimum Gasteiger partial charge on any atom is -0.507 e. The third kappa shape index (κ3) is 8.38. The fraction of sp³-hybridized carbons (Fsp3) is 0.333. The molecule has 7 nitrogen and oxygen atoms in total. The lowest BCUT2D eigenvalue weighted by atomic mass is 9.95. The topological polar surface area (TPSA) is 111 Å². The largest absolute Gasteiger partial charge is 0.507 e. The van der Waals surface area contributed by atoms with Gasteiger partial charge in [0.2, 0.25) is 0 Å². The highest BCUT2D eigenvalue weighted by molar-refractivity contribution is 6.39. The molecular weight excluding hydrogens is 487 g/mol. The number of phenolic OH excluding ortho intramolecular Hbond substituents is 1. The van der Waals surface area contributed by atoms with Gasteiger partial charge in [0.1, 0.15) is 5.75 Å². The van der Waals surface area contributed by atoms with E-state index in [0.717, 1.165) is 48.6 Å². The summed E-state index contributed by atoms with van der Waals surface area (Å²) in [5, 5.41) is 27.7. The molecule has 2 amide bonds. The van der Waals surface area contributed by atoms with Gasteiger partial charge < -0.3 is 26.2 Å². The van der Waals surface area contributed by atoms with E-state index in [1.165, 1.54) is 12.5 Å². The predicted molar refractivity (Wildman–Crippen MR) is 136 cm³/mol. The fourth-order valence-corrected chi connectivity index (χ4v) is 4.04. The van der Waals surface area contributed by atoms with Crippen molar-refractivity contribution in [3.8, 4) is 5.75 Å². The van der Waals surface area contributed by atoms with E-state index in [4.69, 9.17) is 5.11 Å². The van der Waals surface area contributed by atoms with E-state index < -0.39 is 29.3 Å². The Kier molecular flexibility index (Phi) is 9.73. The molecule has 5 N–H and O–H groups in total. The Morgan fingerprint density at radius 1 is 0.865 bits per heavy atom. The first-order chi connectivity index (χ1) is 17.7. The molecule has 0 saturated heterocycles. The second kappa shape index (κ2) is 13.0. The standard InChI is InChI=1S/C14H14N2O3.C13H16F3NO/c17-8-7-15-13(18)14(19)16-12-6-5-10-3-1-2-4-11(10)9-12;14-13(15,16)11-8-10(6-7-12(11)18)17-9-4-2-1-3-5-9/h1-6,9,17H,7-8H2,(H,15,18)(H,16,19);6-9,17-18H,1-5H2. The average Bonchev–Trinajstić information content (AvgIpc) is 2.88. The van der Waals surface area contributed by atoms with Crippen molar-refractivity contribution < 1.29 is 33.0 Å². The van der Waals surface area contributed by atoms with Crippen LogP contribution in [0.2, 0.25) is 0 Å². The third-order valence-electron chi connectivity index (χ3n) is 5.89. The Hall–Kier alpha value is -3.79. The molecule has 0 heterocycles. The molecule has 3 aromatic rings. The summed E-state index contributed by atoms with van der Waals surface area (Å²) in [4.78, 5) is 22.9. The van der Waals surface area contributed by atoms with Gasteiger partial charge in [-0.25, -0.2) is 0 Å². The Morgan fingerprint density at radius 3 is 2.22 bits per heavy atom. The molecule has 0 bridgehead atoms. The molecular formula is C27H30F3N3O4. The molecule has 198 valence electrons. The molecule has 3 aromatic carbocycles. The molecule has 0 radical (unpaired) electrons. The number of amides is 2. The molecule has 4 rings (SSSR count). The number of carbonyl (C=O) groups is 2. The van der Waals surface area contributed by atoms with Crippen molar-refractivity contribution in [3.05, 3.63) is 66.2 Å². The van der Waals surface area contributed by atoms with Crippen LogP contribution in [-0.2, 0) is 15.8 Å². The van der Waals surface area contributed by atoms with E-state index in [1.807, 2.05) is 30.3 Å². The van der Waals surface area contributed by atoms with Gasteiger partial charge in [-0.1, -0.05) is 49.6 Å². The summed E-state index contributed by atoms with van der Waals surface area (Å²) in [6, 6.07) is 16.9. The molecule has 1 aliphatic carbocycles. The number of hydrogen-bond donors (Lipinski definition) is 5. The third-order valence-corrected chi connectivity index (χ3v) is 5.89. The van der Waals surface area contributed by atoms with E-state index >= 15 is 0 Å². The second-order valence-electron chi connectivity index (χ2n) is 8.70. The van der Waals surface area contributed by atoms with Crippen LogP contribution in [0.25, 0.3) is 10.8 Å². The Labute approximate surface area is 212 Å². The molecule has 1 saturated carbocycles. The number of alkyl halides is 3. The number of aromatic hydroxyl groups is 1. The Balaban J connectivity index is 0.000000206. The fourth-order valence-electron chi connectivity index (χ4n) is 4.04. The van der Waals surface area contributed by atoms with Crippen LogP contribution in [0.4, 0.5) is 24.5 Å². The first-order valence-electron chi connectivity index (χ1n) is 12.0. The van der Waals surface area contributed by atoms with Gasteiger partial charge in [-0.3, -0.25) is 9.59 Å². The van der Waals surface area contributed by atoms with Crippen molar-refractivity contribution in [2.24, 2.45) is 0 Å². The molecule has 37 heavy (non-hydrogen) atoms. The van der Waals surface area contributed by atoms with Gasteiger partial charge in [0.05, 0.1) is 12.2 Å². The number of hydrogen-bond acceptors (Lipinski definition) is 5. The molecule has 0 spiro atoms. The number of phenols is 1. The smallest absolute Gasteiger partial charge is 0.420 e. The van der Waals surface area contributed by atoms with Crippen molar-refractivity contribution in [2.75, 3.05) is 23.8 Å². The zero-order valence-corrected chi connectivity index (χ0v) is 20.1. The van der Waals surface area contributed by atoms with Crippen LogP contribution in [0.3, 0.4) is 0 Å². The van der Waals surface area contributed by atoms with Gasteiger partial charge in [-0.05, 0) is 53.9 Å². The van der Waals surface area contributed by atoms with Crippen LogP contribution in [-0.4, -0.2) is 41.2 Å². The van der Waals surface area contributed by atoms with Crippen LogP contribution in [0, 0.1) is 0 Å². The van der Waals surface area contributed by atoms with Gasteiger partial charge >= 0.3 is 18.0 Å². The zero-order valence-electron chi connectivity index (χ0n) is 20.1. The minimum atomic E-state index is -4.52. The normalized spacial score (nSPS) is 13.8. The highest BCUT2D eigenvalue weighted by atomic mass is 19.4. The molecule has 0 unspecified atom stereocenters. The average molecular weight is 518 g/mol. The SMILES string of the molecule is O=C(NCCO)C(=O)Nc1ccc2ccccc2c1.Oc1ccc(NC2CCCCC2)cc1C(F)(F)F. The van der Waals surface area contributed by atoms with Gasteiger partial charge in [0.15, 0.2) is 0 Å². The number of halogens is 3. The molecule has 0 aliphatic heterocycles. The highest BCUT2D eigenvalue weighted by Crippen LogP contribution is 2.37. The van der Waals surface area contributed by atoms with E-state index in [2.05, 4.69) is 16.0 Å². The van der Waals surface area contributed by atoms with E-state index in [0.29, 0.717) is 11.4 Å². The van der Waals surface area contributed by atoms with E-state index in [9.17, 15) is 27.9 Å². The molecule has 10 heteroatoms. The number of carbonyl (C=O) groups excluding carboxylic acids is 2. The number of rotatable bonds is 5. The van der Waals surface area contributed by atoms with Crippen LogP contribution < -0.4 is 16.0 Å². The summed E-state index contributed by atoms with van der Waals surface area (Å²) in [5.74, 6) is -2.23. The van der Waals surface area contributed by atoms with Crippen LogP contribution in [0.15, 0.2) is 60.7 Å². The number of anilines is 2. The minimum absolute atomic E-state index is 0.0595. The Morgan fingerprint density at radius 2 is 1.54 bits per heavy atom. The van der Waals surface area contributed by atoms with Gasteiger partial charge in [-0.15, -0.1) is 0 Å². The van der Waals surface area contributed by atoms with Crippen molar-refractivity contribution in [1.29, 1.82) is 0 Å². The predicted octanol–water partition coefficient (Wildman–Crippen LogP) is 5.04. The van der Waals surface area contributed by atoms with E-state index in [1.54, 1.807) is 12.1 Å². The summed E-state index contributed by atoms with van der Waals surface area (Å²) in [6.45, 7) is -0.140.